The monoisotopic (exact) mass is 316 g/mol. The highest BCUT2D eigenvalue weighted by atomic mass is 79.9. The zero-order valence-corrected chi connectivity index (χ0v) is 11.8. The molecule has 0 amide bonds. The van der Waals surface area contributed by atoms with Crippen molar-refractivity contribution in [1.82, 2.24) is 0 Å². The lowest BCUT2D eigenvalue weighted by atomic mass is 10.1. The third kappa shape index (κ3) is 3.82. The lowest BCUT2D eigenvalue weighted by Crippen LogP contribution is -2.12. The topological polar surface area (TPSA) is 56.0 Å². The highest BCUT2D eigenvalue weighted by Gasteiger charge is 2.07. The van der Waals surface area contributed by atoms with E-state index in [9.17, 15) is 5.11 Å². The standard InChI is InChI=1S/C15H13BrN2O/c16-13-2-1-3-14(8-13)18-10-15(19)12-6-4-11(9-17)5-7-12/h1-8,15,18-19H,10H2. The molecule has 3 nitrogen and oxygen atoms in total. The van der Waals surface area contributed by atoms with Gasteiger partial charge < -0.3 is 10.4 Å². The predicted octanol–water partition coefficient (Wildman–Crippen LogP) is 3.47. The zero-order chi connectivity index (χ0) is 13.7. The van der Waals surface area contributed by atoms with Gasteiger partial charge in [0.2, 0.25) is 0 Å². The molecule has 2 N–H and O–H groups in total. The number of anilines is 1. The van der Waals surface area contributed by atoms with Gasteiger partial charge in [-0.15, -0.1) is 0 Å². The van der Waals surface area contributed by atoms with E-state index in [2.05, 4.69) is 27.3 Å². The van der Waals surface area contributed by atoms with Crippen molar-refractivity contribution in [2.75, 3.05) is 11.9 Å². The molecule has 0 radical (unpaired) electrons. The van der Waals surface area contributed by atoms with Crippen molar-refractivity contribution in [1.29, 1.82) is 5.26 Å². The summed E-state index contributed by atoms with van der Waals surface area (Å²) in [5.41, 5.74) is 2.33. The quantitative estimate of drug-likeness (QED) is 0.908. The number of nitriles is 1. The van der Waals surface area contributed by atoms with Crippen LogP contribution in [-0.2, 0) is 0 Å². The highest BCUT2D eigenvalue weighted by molar-refractivity contribution is 9.10. The Morgan fingerprint density at radius 2 is 1.95 bits per heavy atom. The Balaban J connectivity index is 1.97. The van der Waals surface area contributed by atoms with Gasteiger partial charge in [-0.1, -0.05) is 34.1 Å². The van der Waals surface area contributed by atoms with E-state index in [-0.39, 0.29) is 0 Å². The third-order valence-corrected chi connectivity index (χ3v) is 3.24. The summed E-state index contributed by atoms with van der Waals surface area (Å²) >= 11 is 3.40. The fourth-order valence-corrected chi connectivity index (χ4v) is 2.11. The first-order valence-corrected chi connectivity index (χ1v) is 6.66. The zero-order valence-electron chi connectivity index (χ0n) is 10.2. The van der Waals surface area contributed by atoms with Crippen molar-refractivity contribution >= 4 is 21.6 Å². The van der Waals surface area contributed by atoms with E-state index in [1.165, 1.54) is 0 Å². The van der Waals surface area contributed by atoms with Crippen LogP contribution in [0.2, 0.25) is 0 Å². The molecule has 0 heterocycles. The Labute approximate surface area is 120 Å². The lowest BCUT2D eigenvalue weighted by molar-refractivity contribution is 0.191. The van der Waals surface area contributed by atoms with Crippen LogP contribution in [0.25, 0.3) is 0 Å². The van der Waals surface area contributed by atoms with E-state index >= 15 is 0 Å². The number of hydrogen-bond donors (Lipinski definition) is 2. The van der Waals surface area contributed by atoms with Crippen LogP contribution in [0, 0.1) is 11.3 Å². The summed E-state index contributed by atoms with van der Waals surface area (Å²) in [5.74, 6) is 0. The Morgan fingerprint density at radius 1 is 1.21 bits per heavy atom. The van der Waals surface area contributed by atoms with E-state index in [4.69, 9.17) is 5.26 Å². The summed E-state index contributed by atoms with van der Waals surface area (Å²) in [6.07, 6.45) is -0.605. The van der Waals surface area contributed by atoms with Crippen LogP contribution in [0.5, 0.6) is 0 Å². The molecular formula is C15H13BrN2O. The summed E-state index contributed by atoms with van der Waals surface area (Å²) in [6.45, 7) is 0.419. The number of aliphatic hydroxyl groups excluding tert-OH is 1. The van der Waals surface area contributed by atoms with Gasteiger partial charge >= 0.3 is 0 Å². The second-order valence-corrected chi connectivity index (χ2v) is 5.06. The molecule has 0 bridgehead atoms. The largest absolute Gasteiger partial charge is 0.387 e. The Kier molecular flexibility index (Phi) is 4.56. The predicted molar refractivity (Wildman–Crippen MR) is 78.7 cm³/mol. The van der Waals surface area contributed by atoms with Gasteiger partial charge in [0.05, 0.1) is 17.7 Å². The van der Waals surface area contributed by atoms with E-state index in [1.54, 1.807) is 24.3 Å². The molecule has 96 valence electrons. The number of aliphatic hydroxyl groups is 1. The van der Waals surface area contributed by atoms with Gasteiger partial charge in [-0.2, -0.15) is 5.26 Å². The molecule has 0 aliphatic heterocycles. The summed E-state index contributed by atoms with van der Waals surface area (Å²) < 4.78 is 0.991. The molecule has 0 aromatic heterocycles. The minimum Gasteiger partial charge on any atom is -0.387 e. The molecule has 0 saturated carbocycles. The van der Waals surface area contributed by atoms with Gasteiger partial charge in [-0.3, -0.25) is 0 Å². The Morgan fingerprint density at radius 3 is 2.58 bits per heavy atom. The van der Waals surface area contributed by atoms with Gasteiger partial charge in [0.1, 0.15) is 0 Å². The highest BCUT2D eigenvalue weighted by Crippen LogP contribution is 2.18. The molecule has 2 aromatic carbocycles. The Bertz CT molecular complexity index is 590. The molecule has 19 heavy (non-hydrogen) atoms. The fraction of sp³-hybridized carbons (Fsp3) is 0.133. The van der Waals surface area contributed by atoms with Crippen molar-refractivity contribution in [2.24, 2.45) is 0 Å². The van der Waals surface area contributed by atoms with Gasteiger partial charge in [0.25, 0.3) is 0 Å². The van der Waals surface area contributed by atoms with E-state index < -0.39 is 6.10 Å². The van der Waals surface area contributed by atoms with E-state index in [0.29, 0.717) is 12.1 Å². The molecule has 1 atom stereocenters. The van der Waals surface area contributed by atoms with Crippen LogP contribution in [0.15, 0.2) is 53.0 Å². The first kappa shape index (κ1) is 13.6. The molecule has 0 spiro atoms. The molecule has 4 heteroatoms. The molecule has 0 fully saturated rings. The minimum absolute atomic E-state index is 0.419. The maximum Gasteiger partial charge on any atom is 0.0991 e. The van der Waals surface area contributed by atoms with Crippen molar-refractivity contribution in [3.63, 3.8) is 0 Å². The van der Waals surface area contributed by atoms with Gasteiger partial charge in [-0.25, -0.2) is 0 Å². The summed E-state index contributed by atoms with van der Waals surface area (Å²) in [6, 6.07) is 16.8. The van der Waals surface area contributed by atoms with Gasteiger partial charge in [0.15, 0.2) is 0 Å². The molecule has 2 rings (SSSR count). The normalized spacial score (nSPS) is 11.6. The van der Waals surface area contributed by atoms with E-state index in [1.807, 2.05) is 24.3 Å². The molecule has 0 aliphatic rings. The van der Waals surface area contributed by atoms with Crippen molar-refractivity contribution in [2.45, 2.75) is 6.10 Å². The number of hydrogen-bond acceptors (Lipinski definition) is 3. The number of nitrogens with zero attached hydrogens (tertiary/aromatic N) is 1. The van der Waals surface area contributed by atoms with Crippen LogP contribution < -0.4 is 5.32 Å². The molecule has 1 unspecified atom stereocenters. The van der Waals surface area contributed by atoms with Crippen LogP contribution in [-0.4, -0.2) is 11.7 Å². The summed E-state index contributed by atoms with van der Waals surface area (Å²) in [7, 11) is 0. The van der Waals surface area contributed by atoms with Gasteiger partial charge in [-0.05, 0) is 35.9 Å². The van der Waals surface area contributed by atoms with E-state index in [0.717, 1.165) is 15.7 Å². The number of nitrogens with one attached hydrogen (secondary N) is 1. The number of benzene rings is 2. The van der Waals surface area contributed by atoms with Crippen molar-refractivity contribution < 1.29 is 5.11 Å². The smallest absolute Gasteiger partial charge is 0.0991 e. The minimum atomic E-state index is -0.605. The average Bonchev–Trinajstić information content (AvgIpc) is 2.45. The van der Waals surface area contributed by atoms with Crippen molar-refractivity contribution in [3.8, 4) is 6.07 Å². The second kappa shape index (κ2) is 6.37. The molecule has 0 saturated heterocycles. The van der Waals surface area contributed by atoms with Crippen molar-refractivity contribution in [3.05, 3.63) is 64.1 Å². The van der Waals surface area contributed by atoms with Crippen LogP contribution >= 0.6 is 15.9 Å². The summed E-state index contributed by atoms with van der Waals surface area (Å²) in [4.78, 5) is 0. The third-order valence-electron chi connectivity index (χ3n) is 2.75. The first-order chi connectivity index (χ1) is 9.19. The lowest BCUT2D eigenvalue weighted by Gasteiger charge is -2.13. The summed E-state index contributed by atoms with van der Waals surface area (Å²) in [5, 5.41) is 21.9. The fourth-order valence-electron chi connectivity index (χ4n) is 1.71. The maximum absolute atomic E-state index is 10.1. The van der Waals surface area contributed by atoms with Crippen LogP contribution in [0.3, 0.4) is 0 Å². The average molecular weight is 317 g/mol. The number of halogens is 1. The number of rotatable bonds is 4. The van der Waals surface area contributed by atoms with Gasteiger partial charge in [0, 0.05) is 16.7 Å². The maximum atomic E-state index is 10.1. The first-order valence-electron chi connectivity index (χ1n) is 5.86. The molecular weight excluding hydrogens is 304 g/mol. The Hall–Kier alpha value is -1.83. The van der Waals surface area contributed by atoms with Crippen LogP contribution in [0.4, 0.5) is 5.69 Å². The molecule has 2 aromatic rings. The SMILES string of the molecule is N#Cc1ccc(C(O)CNc2cccc(Br)c2)cc1. The molecule has 0 aliphatic carbocycles. The van der Waals surface area contributed by atoms with Crippen LogP contribution in [0.1, 0.15) is 17.2 Å². The second-order valence-electron chi connectivity index (χ2n) is 4.14.